The van der Waals surface area contributed by atoms with Crippen LogP contribution in [0.1, 0.15) is 44.9 Å². The monoisotopic (exact) mass is 360 g/mol. The number of ether oxygens (including phenoxy) is 2. The summed E-state index contributed by atoms with van der Waals surface area (Å²) in [7, 11) is -3.15. The zero-order chi connectivity index (χ0) is 17.2. The lowest BCUT2D eigenvalue weighted by Crippen LogP contribution is -2.44. The van der Waals surface area contributed by atoms with Gasteiger partial charge in [-0.25, -0.2) is 12.7 Å². The molecule has 3 rings (SSSR count). The minimum Gasteiger partial charge on any atom is -0.353 e. The van der Waals surface area contributed by atoms with E-state index in [-0.39, 0.29) is 17.9 Å². The minimum absolute atomic E-state index is 0.00338. The van der Waals surface area contributed by atoms with Gasteiger partial charge in [0.25, 0.3) is 0 Å². The molecule has 0 aromatic rings. The van der Waals surface area contributed by atoms with Crippen LogP contribution in [0, 0.1) is 5.92 Å². The molecule has 2 heterocycles. The summed E-state index contributed by atoms with van der Waals surface area (Å²) >= 11 is 0. The average Bonchev–Trinajstić information content (AvgIpc) is 2.95. The van der Waals surface area contributed by atoms with Gasteiger partial charge in [0.1, 0.15) is 6.10 Å². The Labute approximate surface area is 144 Å². The second-order valence-corrected chi connectivity index (χ2v) is 9.19. The Balaban J connectivity index is 1.40. The summed E-state index contributed by atoms with van der Waals surface area (Å²) in [5.41, 5.74) is 0. The van der Waals surface area contributed by atoms with E-state index in [9.17, 15) is 13.2 Å². The summed E-state index contributed by atoms with van der Waals surface area (Å²) in [4.78, 5) is 12.3. The van der Waals surface area contributed by atoms with E-state index in [1.54, 1.807) is 0 Å². The van der Waals surface area contributed by atoms with Crippen molar-refractivity contribution >= 4 is 15.9 Å². The molecule has 0 unspecified atom stereocenters. The Kier molecular flexibility index (Phi) is 5.48. The summed E-state index contributed by atoms with van der Waals surface area (Å²) in [5.74, 6) is -0.528. The molecule has 1 amide bonds. The second-order valence-electron chi connectivity index (χ2n) is 7.20. The molecular weight excluding hydrogens is 332 g/mol. The third kappa shape index (κ3) is 4.28. The Morgan fingerprint density at radius 3 is 2.50 bits per heavy atom. The second kappa shape index (κ2) is 7.27. The number of amides is 1. The van der Waals surface area contributed by atoms with Crippen LogP contribution in [0.25, 0.3) is 0 Å². The van der Waals surface area contributed by atoms with E-state index in [4.69, 9.17) is 9.47 Å². The average molecular weight is 360 g/mol. The highest BCUT2D eigenvalue weighted by Gasteiger charge is 2.42. The molecule has 1 atom stereocenters. The fraction of sp³-hybridized carbons (Fsp3) is 0.938. The van der Waals surface area contributed by atoms with Crippen LogP contribution in [0.2, 0.25) is 0 Å². The van der Waals surface area contributed by atoms with Crippen molar-refractivity contribution in [2.45, 2.75) is 56.8 Å². The fourth-order valence-electron chi connectivity index (χ4n) is 3.88. The van der Waals surface area contributed by atoms with Gasteiger partial charge in [0.05, 0.1) is 12.9 Å². The molecule has 24 heavy (non-hydrogen) atoms. The summed E-state index contributed by atoms with van der Waals surface area (Å²) in [5, 5.41) is 2.96. The van der Waals surface area contributed by atoms with Crippen LogP contribution < -0.4 is 5.32 Å². The van der Waals surface area contributed by atoms with Crippen LogP contribution in [-0.2, 0) is 24.3 Å². The van der Waals surface area contributed by atoms with E-state index < -0.39 is 15.8 Å². The molecule has 1 saturated carbocycles. The predicted molar refractivity (Wildman–Crippen MR) is 88.8 cm³/mol. The van der Waals surface area contributed by atoms with Crippen LogP contribution in [0.5, 0.6) is 0 Å². The molecule has 0 radical (unpaired) electrons. The smallest absolute Gasteiger partial charge is 0.223 e. The van der Waals surface area contributed by atoms with Gasteiger partial charge in [0.2, 0.25) is 15.9 Å². The summed E-state index contributed by atoms with van der Waals surface area (Å²) in [6.45, 7) is 1.84. The van der Waals surface area contributed by atoms with Crippen molar-refractivity contribution in [1.29, 1.82) is 0 Å². The molecule has 0 aromatic carbocycles. The third-order valence-corrected chi connectivity index (χ3v) is 6.63. The van der Waals surface area contributed by atoms with Crippen LogP contribution >= 0.6 is 0 Å². The molecule has 8 heteroatoms. The number of rotatable bonds is 4. The lowest BCUT2D eigenvalue weighted by atomic mass is 9.94. The number of hydrogen-bond acceptors (Lipinski definition) is 5. The molecule has 2 aliphatic heterocycles. The highest BCUT2D eigenvalue weighted by molar-refractivity contribution is 7.88. The van der Waals surface area contributed by atoms with Crippen LogP contribution in [-0.4, -0.2) is 63.0 Å². The molecule has 1 N–H and O–H groups in total. The summed E-state index contributed by atoms with van der Waals surface area (Å²) in [6, 6.07) is 0. The number of nitrogens with zero attached hydrogens (tertiary/aromatic N) is 1. The highest BCUT2D eigenvalue weighted by Crippen LogP contribution is 2.37. The first-order chi connectivity index (χ1) is 11.4. The first-order valence-electron chi connectivity index (χ1n) is 8.93. The molecular formula is C16H28N2O5S. The van der Waals surface area contributed by atoms with E-state index in [2.05, 4.69) is 5.32 Å². The molecule has 138 valence electrons. The first kappa shape index (κ1) is 18.1. The van der Waals surface area contributed by atoms with Crippen molar-refractivity contribution in [1.82, 2.24) is 9.62 Å². The quantitative estimate of drug-likeness (QED) is 0.803. The van der Waals surface area contributed by atoms with Crippen molar-refractivity contribution in [3.63, 3.8) is 0 Å². The Morgan fingerprint density at radius 2 is 1.88 bits per heavy atom. The van der Waals surface area contributed by atoms with E-state index in [1.165, 1.54) is 17.0 Å². The Morgan fingerprint density at radius 1 is 1.21 bits per heavy atom. The normalized spacial score (nSPS) is 29.0. The molecule has 0 bridgehead atoms. The van der Waals surface area contributed by atoms with E-state index in [0.29, 0.717) is 39.1 Å². The Hall–Kier alpha value is -0.700. The molecule has 0 aromatic heterocycles. The number of carbonyl (C=O) groups is 1. The number of nitrogens with one attached hydrogen (secondary N) is 1. The number of carbonyl (C=O) groups excluding carboxylic acids is 1. The molecule has 1 spiro atoms. The maximum atomic E-state index is 12.3. The van der Waals surface area contributed by atoms with Crippen molar-refractivity contribution in [3.8, 4) is 0 Å². The molecule has 3 aliphatic rings. The van der Waals surface area contributed by atoms with Gasteiger partial charge in [0.15, 0.2) is 5.79 Å². The topological polar surface area (TPSA) is 84.9 Å². The third-order valence-electron chi connectivity index (χ3n) is 5.33. The maximum Gasteiger partial charge on any atom is 0.223 e. The van der Waals surface area contributed by atoms with E-state index in [1.807, 2.05) is 0 Å². The molecule has 3 fully saturated rings. The van der Waals surface area contributed by atoms with Gasteiger partial charge in [-0.05, 0) is 25.7 Å². The number of piperidine rings is 1. The summed E-state index contributed by atoms with van der Waals surface area (Å²) in [6.07, 6.45) is 7.69. The fourth-order valence-corrected chi connectivity index (χ4v) is 4.75. The molecule has 7 nitrogen and oxygen atoms in total. The van der Waals surface area contributed by atoms with Crippen LogP contribution in [0.15, 0.2) is 0 Å². The van der Waals surface area contributed by atoms with Gasteiger partial charge in [-0.2, -0.15) is 0 Å². The lowest BCUT2D eigenvalue weighted by Gasteiger charge is -2.32. The SMILES string of the molecule is CS(=O)(=O)N1CCC(C(=O)NC[C@H]2COC3(CCCCC3)O2)CC1. The predicted octanol–water partition coefficient (Wildman–Crippen LogP) is 0.850. The standard InChI is InChI=1S/C16H28N2O5S/c1-24(20,21)18-9-5-13(6-10-18)15(19)17-11-14-12-22-16(23-14)7-3-2-4-8-16/h13-14H,2-12H2,1H3,(H,17,19)/t14-/m0/s1. The zero-order valence-electron chi connectivity index (χ0n) is 14.3. The molecule has 1 aliphatic carbocycles. The Bertz CT molecular complexity index is 551. The minimum atomic E-state index is -3.15. The van der Waals surface area contributed by atoms with Crippen molar-refractivity contribution < 1.29 is 22.7 Å². The van der Waals surface area contributed by atoms with Crippen molar-refractivity contribution in [2.75, 3.05) is 32.5 Å². The van der Waals surface area contributed by atoms with E-state index >= 15 is 0 Å². The van der Waals surface area contributed by atoms with Gasteiger partial charge < -0.3 is 14.8 Å². The van der Waals surface area contributed by atoms with Gasteiger partial charge in [0, 0.05) is 38.4 Å². The van der Waals surface area contributed by atoms with E-state index in [0.717, 1.165) is 25.7 Å². The lowest BCUT2D eigenvalue weighted by molar-refractivity contribution is -0.186. The zero-order valence-corrected chi connectivity index (χ0v) is 15.1. The molecule has 2 saturated heterocycles. The summed E-state index contributed by atoms with van der Waals surface area (Å²) < 4.78 is 36.4. The van der Waals surface area contributed by atoms with Crippen LogP contribution in [0.3, 0.4) is 0 Å². The van der Waals surface area contributed by atoms with Crippen LogP contribution in [0.4, 0.5) is 0 Å². The number of sulfonamides is 1. The van der Waals surface area contributed by atoms with Crippen molar-refractivity contribution in [2.24, 2.45) is 5.92 Å². The largest absolute Gasteiger partial charge is 0.353 e. The maximum absolute atomic E-state index is 12.3. The first-order valence-corrected chi connectivity index (χ1v) is 10.8. The van der Waals surface area contributed by atoms with Crippen molar-refractivity contribution in [3.05, 3.63) is 0 Å². The number of hydrogen-bond donors (Lipinski definition) is 1. The van der Waals surface area contributed by atoms with Gasteiger partial charge in [-0.3, -0.25) is 4.79 Å². The highest BCUT2D eigenvalue weighted by atomic mass is 32.2. The van der Waals surface area contributed by atoms with Gasteiger partial charge >= 0.3 is 0 Å². The van der Waals surface area contributed by atoms with Gasteiger partial charge in [-0.1, -0.05) is 6.42 Å². The van der Waals surface area contributed by atoms with Gasteiger partial charge in [-0.15, -0.1) is 0 Å².